The van der Waals surface area contributed by atoms with Gasteiger partial charge >= 0.3 is 0 Å². The molecular formula is C13H17FN4O3. The van der Waals surface area contributed by atoms with E-state index in [1.807, 2.05) is 0 Å². The van der Waals surface area contributed by atoms with Gasteiger partial charge in [-0.25, -0.2) is 19.3 Å². The van der Waals surface area contributed by atoms with E-state index in [-0.39, 0.29) is 0 Å². The van der Waals surface area contributed by atoms with Crippen molar-refractivity contribution in [1.82, 2.24) is 19.5 Å². The molecule has 0 radical (unpaired) electrons. The van der Waals surface area contributed by atoms with Crippen molar-refractivity contribution in [2.45, 2.75) is 31.5 Å². The molecule has 0 saturated carbocycles. The third-order valence-corrected chi connectivity index (χ3v) is 3.49. The minimum absolute atomic E-state index is 0.415. The van der Waals surface area contributed by atoms with E-state index in [9.17, 15) is 4.39 Å². The minimum Gasteiger partial charge on any atom is -0.382 e. The summed E-state index contributed by atoms with van der Waals surface area (Å²) in [5.74, 6) is 0. The standard InChI is InChI=1S/C13H17FN4O3/c1-7-10-12(16-5-15-7)18(6-17-10)13-9(14)11(20-3)8(21-13)4-19-2/h5-6,8-9,11,13H,4H2,1-3H3/t8-,9-,11-,13-/m1/s1/i4D2. The number of imidazole rings is 1. The minimum atomic E-state index is -2.19. The molecule has 0 spiro atoms. The summed E-state index contributed by atoms with van der Waals surface area (Å²) in [6, 6.07) is 0. The first-order valence-electron chi connectivity index (χ1n) is 7.42. The van der Waals surface area contributed by atoms with E-state index in [2.05, 4.69) is 15.0 Å². The molecule has 3 heterocycles. The first kappa shape index (κ1) is 12.0. The molecule has 4 atom stereocenters. The Morgan fingerprint density at radius 1 is 1.43 bits per heavy atom. The van der Waals surface area contributed by atoms with Gasteiger partial charge in [0.2, 0.25) is 0 Å². The highest BCUT2D eigenvalue weighted by Gasteiger charge is 2.46. The maximum atomic E-state index is 14.8. The van der Waals surface area contributed by atoms with Crippen LogP contribution in [0.25, 0.3) is 11.2 Å². The summed E-state index contributed by atoms with van der Waals surface area (Å²) < 4.78 is 47.4. The highest BCUT2D eigenvalue weighted by molar-refractivity contribution is 5.72. The predicted octanol–water partition coefficient (Wildman–Crippen LogP) is 1.03. The van der Waals surface area contributed by atoms with E-state index in [0.29, 0.717) is 16.9 Å². The molecule has 1 aliphatic rings. The van der Waals surface area contributed by atoms with Gasteiger partial charge in [-0.2, -0.15) is 0 Å². The van der Waals surface area contributed by atoms with Crippen molar-refractivity contribution in [3.05, 3.63) is 18.3 Å². The zero-order valence-electron chi connectivity index (χ0n) is 13.9. The monoisotopic (exact) mass is 298 g/mol. The Balaban J connectivity index is 2.01. The van der Waals surface area contributed by atoms with Gasteiger partial charge in [-0.15, -0.1) is 0 Å². The summed E-state index contributed by atoms with van der Waals surface area (Å²) in [5, 5.41) is 0. The average Bonchev–Trinajstić information content (AvgIpc) is 3.09. The maximum Gasteiger partial charge on any atom is 0.174 e. The van der Waals surface area contributed by atoms with Crippen molar-refractivity contribution < 1.29 is 21.3 Å². The molecule has 0 aromatic carbocycles. The van der Waals surface area contributed by atoms with Crippen molar-refractivity contribution in [2.75, 3.05) is 20.8 Å². The molecule has 2 aromatic rings. The topological polar surface area (TPSA) is 71.3 Å². The van der Waals surface area contributed by atoms with E-state index in [0.717, 1.165) is 0 Å². The Kier molecular flexibility index (Phi) is 3.20. The smallest absolute Gasteiger partial charge is 0.174 e. The van der Waals surface area contributed by atoms with Crippen LogP contribution >= 0.6 is 0 Å². The molecular weight excluding hydrogens is 279 g/mol. The largest absolute Gasteiger partial charge is 0.382 e. The first-order valence-corrected chi connectivity index (χ1v) is 6.42. The van der Waals surface area contributed by atoms with Crippen LogP contribution in [0.1, 0.15) is 14.7 Å². The van der Waals surface area contributed by atoms with Crippen LogP contribution in [0.15, 0.2) is 12.7 Å². The van der Waals surface area contributed by atoms with E-state index in [1.54, 1.807) is 6.92 Å². The molecule has 0 N–H and O–H groups in total. The molecule has 0 unspecified atom stereocenters. The van der Waals surface area contributed by atoms with Crippen LogP contribution in [0.2, 0.25) is 0 Å². The number of methoxy groups -OCH3 is 2. The summed E-state index contributed by atoms with van der Waals surface area (Å²) in [7, 11) is 2.50. The van der Waals surface area contributed by atoms with Gasteiger partial charge in [0.15, 0.2) is 18.0 Å². The van der Waals surface area contributed by atoms with Gasteiger partial charge in [0.1, 0.15) is 24.1 Å². The summed E-state index contributed by atoms with van der Waals surface area (Å²) in [4.78, 5) is 12.3. The van der Waals surface area contributed by atoms with Gasteiger partial charge in [0.25, 0.3) is 0 Å². The van der Waals surface area contributed by atoms with Crippen molar-refractivity contribution in [2.24, 2.45) is 0 Å². The van der Waals surface area contributed by atoms with Crippen molar-refractivity contribution in [3.8, 4) is 0 Å². The third kappa shape index (κ3) is 2.29. The lowest BCUT2D eigenvalue weighted by Gasteiger charge is -2.16. The molecule has 2 aromatic heterocycles. The SMILES string of the molecule is [2H]C([2H])(OC)[C@H]1O[C@@H](n2cnc3c(C)ncnc32)[C@H](F)[C@@H]1OC. The number of rotatable bonds is 4. The van der Waals surface area contributed by atoms with Crippen LogP contribution < -0.4 is 0 Å². The quantitative estimate of drug-likeness (QED) is 0.839. The fraction of sp³-hybridized carbons (Fsp3) is 0.615. The number of halogens is 1. The molecule has 0 bridgehead atoms. The number of alkyl halides is 1. The summed E-state index contributed by atoms with van der Waals surface area (Å²) >= 11 is 0. The first-order chi connectivity index (χ1) is 10.9. The second kappa shape index (κ2) is 5.63. The summed E-state index contributed by atoms with van der Waals surface area (Å²) in [6.07, 6.45) is -2.30. The van der Waals surface area contributed by atoms with Gasteiger partial charge < -0.3 is 14.2 Å². The normalized spacial score (nSPS) is 31.4. The van der Waals surface area contributed by atoms with Crippen LogP contribution in [-0.2, 0) is 14.2 Å². The summed E-state index contributed by atoms with van der Waals surface area (Å²) in [6.45, 7) is -0.421. The lowest BCUT2D eigenvalue weighted by molar-refractivity contribution is -0.0602. The Morgan fingerprint density at radius 2 is 2.24 bits per heavy atom. The Morgan fingerprint density at radius 3 is 2.95 bits per heavy atom. The molecule has 1 fully saturated rings. The van der Waals surface area contributed by atoms with Crippen molar-refractivity contribution in [3.63, 3.8) is 0 Å². The van der Waals surface area contributed by atoms with Crippen LogP contribution in [0.5, 0.6) is 0 Å². The Hall–Kier alpha value is -1.64. The lowest BCUT2D eigenvalue weighted by atomic mass is 10.1. The van der Waals surface area contributed by atoms with Crippen molar-refractivity contribution in [1.29, 1.82) is 0 Å². The number of nitrogens with zero attached hydrogens (tertiary/aromatic N) is 4. The molecule has 3 rings (SSSR count). The van der Waals surface area contributed by atoms with Crippen molar-refractivity contribution >= 4 is 11.2 Å². The van der Waals surface area contributed by atoms with Crippen LogP contribution in [0, 0.1) is 6.92 Å². The molecule has 7 nitrogen and oxygen atoms in total. The third-order valence-electron chi connectivity index (χ3n) is 3.49. The fourth-order valence-corrected chi connectivity index (χ4v) is 2.47. The Labute approximate surface area is 123 Å². The summed E-state index contributed by atoms with van der Waals surface area (Å²) in [5.41, 5.74) is 1.61. The van der Waals surface area contributed by atoms with Crippen LogP contribution in [0.4, 0.5) is 4.39 Å². The lowest BCUT2D eigenvalue weighted by Crippen LogP contribution is -2.33. The van der Waals surface area contributed by atoms with E-state index in [1.165, 1.54) is 31.4 Å². The number of ether oxygens (including phenoxy) is 3. The van der Waals surface area contributed by atoms with E-state index < -0.39 is 31.2 Å². The number of aromatic nitrogens is 4. The second-order valence-electron chi connectivity index (χ2n) is 4.70. The number of fused-ring (bicyclic) bond motifs is 1. The molecule has 1 saturated heterocycles. The molecule has 114 valence electrons. The fourth-order valence-electron chi connectivity index (χ4n) is 2.47. The van der Waals surface area contributed by atoms with Gasteiger partial charge in [-0.1, -0.05) is 0 Å². The highest BCUT2D eigenvalue weighted by Crippen LogP contribution is 2.35. The number of aryl methyl sites for hydroxylation is 1. The zero-order valence-corrected chi connectivity index (χ0v) is 11.9. The van der Waals surface area contributed by atoms with Crippen LogP contribution in [-0.4, -0.2) is 58.7 Å². The average molecular weight is 298 g/mol. The number of hydrogen-bond acceptors (Lipinski definition) is 6. The molecule has 0 aliphatic carbocycles. The second-order valence-corrected chi connectivity index (χ2v) is 4.70. The predicted molar refractivity (Wildman–Crippen MR) is 71.5 cm³/mol. The zero-order chi connectivity index (χ0) is 16.8. The highest BCUT2D eigenvalue weighted by atomic mass is 19.1. The molecule has 0 amide bonds. The van der Waals surface area contributed by atoms with Gasteiger partial charge in [-0.05, 0) is 6.92 Å². The molecule has 8 heteroatoms. The Bertz CT molecular complexity index is 714. The van der Waals surface area contributed by atoms with Gasteiger partial charge in [-0.3, -0.25) is 4.57 Å². The maximum absolute atomic E-state index is 14.8. The molecule has 1 aliphatic heterocycles. The molecule has 21 heavy (non-hydrogen) atoms. The number of hydrogen-bond donors (Lipinski definition) is 0. The van der Waals surface area contributed by atoms with Gasteiger partial charge in [0.05, 0.1) is 21.3 Å². The van der Waals surface area contributed by atoms with Crippen LogP contribution in [0.3, 0.4) is 0 Å². The van der Waals surface area contributed by atoms with E-state index in [4.69, 9.17) is 17.0 Å². The van der Waals surface area contributed by atoms with E-state index >= 15 is 0 Å². The van der Waals surface area contributed by atoms with Gasteiger partial charge in [0, 0.05) is 14.2 Å².